The molecule has 1 aromatic carbocycles. The fourth-order valence-corrected chi connectivity index (χ4v) is 2.91. The van der Waals surface area contributed by atoms with Crippen molar-refractivity contribution in [3.05, 3.63) is 77.2 Å². The van der Waals surface area contributed by atoms with Gasteiger partial charge in [-0.1, -0.05) is 30.3 Å². The molecule has 130 valence electrons. The molecule has 5 heteroatoms. The highest BCUT2D eigenvalue weighted by molar-refractivity contribution is 5.29. The normalized spacial score (nSPS) is 12.3. The van der Waals surface area contributed by atoms with Crippen LogP contribution in [0.4, 0.5) is 0 Å². The molecule has 0 radical (unpaired) electrons. The molecule has 2 N–H and O–H groups in total. The summed E-state index contributed by atoms with van der Waals surface area (Å²) in [5.41, 5.74) is 4.49. The van der Waals surface area contributed by atoms with E-state index in [1.807, 2.05) is 41.2 Å². The first-order chi connectivity index (χ1) is 12.2. The molecule has 0 spiro atoms. The zero-order chi connectivity index (χ0) is 17.6. The lowest BCUT2D eigenvalue weighted by molar-refractivity contribution is 0.282. The predicted octanol–water partition coefficient (Wildman–Crippen LogP) is 2.96. The van der Waals surface area contributed by atoms with Crippen molar-refractivity contribution in [2.75, 3.05) is 6.54 Å². The molecule has 0 amide bonds. The molecule has 3 aromatic rings. The van der Waals surface area contributed by atoms with Crippen LogP contribution < -0.4 is 5.32 Å². The Labute approximate surface area is 148 Å². The Morgan fingerprint density at radius 2 is 1.88 bits per heavy atom. The molecule has 2 heterocycles. The van der Waals surface area contributed by atoms with Gasteiger partial charge in [0.05, 0.1) is 12.8 Å². The lowest BCUT2D eigenvalue weighted by atomic mass is 10.1. The maximum Gasteiger partial charge on any atom is 0.153 e. The highest BCUT2D eigenvalue weighted by atomic mass is 16.3. The SMILES string of the molecule is Cc1c(C(C)NCCc2ccc(CO)cc2)cnn1-c1ccccn1. The van der Waals surface area contributed by atoms with Crippen LogP contribution in [0, 0.1) is 6.92 Å². The van der Waals surface area contributed by atoms with Gasteiger partial charge < -0.3 is 10.4 Å². The van der Waals surface area contributed by atoms with Crippen molar-refractivity contribution in [3.8, 4) is 5.82 Å². The minimum Gasteiger partial charge on any atom is -0.392 e. The van der Waals surface area contributed by atoms with Gasteiger partial charge in [0.15, 0.2) is 5.82 Å². The molecule has 0 aliphatic rings. The lowest BCUT2D eigenvalue weighted by Crippen LogP contribution is -2.21. The summed E-state index contributed by atoms with van der Waals surface area (Å²) in [4.78, 5) is 4.36. The van der Waals surface area contributed by atoms with E-state index in [0.717, 1.165) is 30.0 Å². The summed E-state index contributed by atoms with van der Waals surface area (Å²) in [6.45, 7) is 5.20. The number of nitrogens with one attached hydrogen (secondary N) is 1. The Morgan fingerprint density at radius 1 is 1.12 bits per heavy atom. The van der Waals surface area contributed by atoms with Gasteiger partial charge in [-0.05, 0) is 50.1 Å². The summed E-state index contributed by atoms with van der Waals surface area (Å²) in [5.74, 6) is 0.836. The van der Waals surface area contributed by atoms with Crippen molar-refractivity contribution >= 4 is 0 Å². The summed E-state index contributed by atoms with van der Waals surface area (Å²) in [6, 6.07) is 14.1. The summed E-state index contributed by atoms with van der Waals surface area (Å²) in [6.07, 6.45) is 4.64. The van der Waals surface area contributed by atoms with Gasteiger partial charge >= 0.3 is 0 Å². The van der Waals surface area contributed by atoms with Gasteiger partial charge in [0.25, 0.3) is 0 Å². The van der Waals surface area contributed by atoms with E-state index in [1.165, 1.54) is 11.1 Å². The summed E-state index contributed by atoms with van der Waals surface area (Å²) >= 11 is 0. The van der Waals surface area contributed by atoms with Crippen molar-refractivity contribution < 1.29 is 5.11 Å². The quantitative estimate of drug-likeness (QED) is 0.696. The third-order valence-electron chi connectivity index (χ3n) is 4.45. The number of aliphatic hydroxyl groups excluding tert-OH is 1. The van der Waals surface area contributed by atoms with Crippen LogP contribution in [0.5, 0.6) is 0 Å². The van der Waals surface area contributed by atoms with E-state index < -0.39 is 0 Å². The number of nitrogens with zero attached hydrogens (tertiary/aromatic N) is 3. The van der Waals surface area contributed by atoms with Crippen molar-refractivity contribution in [2.24, 2.45) is 0 Å². The number of benzene rings is 1. The monoisotopic (exact) mass is 336 g/mol. The standard InChI is InChI=1S/C20H24N4O/c1-15(21-12-10-17-6-8-18(14-25)9-7-17)19-13-23-24(16(19)2)20-5-3-4-11-22-20/h3-9,11,13,15,21,25H,10,12,14H2,1-2H3. The zero-order valence-corrected chi connectivity index (χ0v) is 14.7. The second-order valence-corrected chi connectivity index (χ2v) is 6.19. The van der Waals surface area contributed by atoms with E-state index in [2.05, 4.69) is 41.4 Å². The molecular weight excluding hydrogens is 312 g/mol. The first-order valence-corrected chi connectivity index (χ1v) is 8.57. The molecule has 0 saturated carbocycles. The predicted molar refractivity (Wildman–Crippen MR) is 98.6 cm³/mol. The van der Waals surface area contributed by atoms with Crippen molar-refractivity contribution in [1.82, 2.24) is 20.1 Å². The molecule has 0 fully saturated rings. The molecule has 0 saturated heterocycles. The third kappa shape index (κ3) is 4.13. The average molecular weight is 336 g/mol. The van der Waals surface area contributed by atoms with E-state index in [9.17, 15) is 0 Å². The highest BCUT2D eigenvalue weighted by Crippen LogP contribution is 2.19. The smallest absolute Gasteiger partial charge is 0.153 e. The van der Waals surface area contributed by atoms with Crippen molar-refractivity contribution in [1.29, 1.82) is 0 Å². The summed E-state index contributed by atoms with van der Waals surface area (Å²) in [7, 11) is 0. The lowest BCUT2D eigenvalue weighted by Gasteiger charge is -2.14. The minimum atomic E-state index is 0.0924. The fourth-order valence-electron chi connectivity index (χ4n) is 2.91. The first kappa shape index (κ1) is 17.3. The first-order valence-electron chi connectivity index (χ1n) is 8.57. The Bertz CT molecular complexity index is 796. The molecule has 2 aromatic heterocycles. The third-order valence-corrected chi connectivity index (χ3v) is 4.45. The second-order valence-electron chi connectivity index (χ2n) is 6.19. The average Bonchev–Trinajstić information content (AvgIpc) is 3.04. The van der Waals surface area contributed by atoms with Gasteiger partial charge in [0.1, 0.15) is 0 Å². The molecule has 3 rings (SSSR count). The van der Waals surface area contributed by atoms with Crippen LogP contribution in [0.15, 0.2) is 54.9 Å². The van der Waals surface area contributed by atoms with E-state index in [4.69, 9.17) is 5.11 Å². The van der Waals surface area contributed by atoms with Gasteiger partial charge in [-0.2, -0.15) is 5.10 Å². The molecule has 0 aliphatic carbocycles. The molecule has 25 heavy (non-hydrogen) atoms. The van der Waals surface area contributed by atoms with Gasteiger partial charge in [-0.25, -0.2) is 9.67 Å². The molecule has 5 nitrogen and oxygen atoms in total. The van der Waals surface area contributed by atoms with Crippen LogP contribution in [-0.4, -0.2) is 26.4 Å². The number of pyridine rings is 1. The zero-order valence-electron chi connectivity index (χ0n) is 14.7. The number of aromatic nitrogens is 3. The van der Waals surface area contributed by atoms with Crippen LogP contribution in [0.3, 0.4) is 0 Å². The van der Waals surface area contributed by atoms with Gasteiger partial charge in [-0.15, -0.1) is 0 Å². The fraction of sp³-hybridized carbons (Fsp3) is 0.300. The largest absolute Gasteiger partial charge is 0.392 e. The number of hydrogen-bond acceptors (Lipinski definition) is 4. The van der Waals surface area contributed by atoms with E-state index in [1.54, 1.807) is 6.20 Å². The van der Waals surface area contributed by atoms with Crippen LogP contribution >= 0.6 is 0 Å². The molecule has 1 atom stereocenters. The van der Waals surface area contributed by atoms with Crippen LogP contribution in [0.25, 0.3) is 5.82 Å². The molecule has 0 bridgehead atoms. The van der Waals surface area contributed by atoms with Crippen LogP contribution in [0.1, 0.15) is 35.3 Å². The molecular formula is C20H24N4O. The van der Waals surface area contributed by atoms with Crippen LogP contribution in [-0.2, 0) is 13.0 Å². The number of aliphatic hydroxyl groups is 1. The molecule has 1 unspecified atom stereocenters. The Hall–Kier alpha value is -2.50. The number of rotatable bonds is 7. The van der Waals surface area contributed by atoms with E-state index >= 15 is 0 Å². The maximum atomic E-state index is 9.09. The Balaban J connectivity index is 1.60. The summed E-state index contributed by atoms with van der Waals surface area (Å²) < 4.78 is 1.88. The van der Waals surface area contributed by atoms with Gasteiger partial charge in [0, 0.05) is 23.5 Å². The molecule has 0 aliphatic heterocycles. The van der Waals surface area contributed by atoms with Gasteiger partial charge in [-0.3, -0.25) is 0 Å². The maximum absolute atomic E-state index is 9.09. The summed E-state index contributed by atoms with van der Waals surface area (Å²) in [5, 5.41) is 17.1. The minimum absolute atomic E-state index is 0.0924. The second kappa shape index (κ2) is 8.05. The topological polar surface area (TPSA) is 63.0 Å². The van der Waals surface area contributed by atoms with E-state index in [-0.39, 0.29) is 12.6 Å². The highest BCUT2D eigenvalue weighted by Gasteiger charge is 2.14. The number of hydrogen-bond donors (Lipinski definition) is 2. The van der Waals surface area contributed by atoms with Crippen molar-refractivity contribution in [3.63, 3.8) is 0 Å². The van der Waals surface area contributed by atoms with E-state index in [0.29, 0.717) is 0 Å². The van der Waals surface area contributed by atoms with Gasteiger partial charge in [0.2, 0.25) is 0 Å². The Morgan fingerprint density at radius 3 is 2.56 bits per heavy atom. The Kier molecular flexibility index (Phi) is 5.58. The van der Waals surface area contributed by atoms with Crippen molar-refractivity contribution in [2.45, 2.75) is 32.9 Å². The van der Waals surface area contributed by atoms with Crippen LogP contribution in [0.2, 0.25) is 0 Å².